The van der Waals surface area contributed by atoms with Crippen LogP contribution in [0.25, 0.3) is 0 Å². The molecule has 1 unspecified atom stereocenters. The summed E-state index contributed by atoms with van der Waals surface area (Å²) in [6.45, 7) is 3.72. The van der Waals surface area contributed by atoms with Gasteiger partial charge in [0.1, 0.15) is 0 Å². The van der Waals surface area contributed by atoms with E-state index < -0.39 is 14.6 Å². The van der Waals surface area contributed by atoms with Gasteiger partial charge in [-0.3, -0.25) is 0 Å². The first-order valence-electron chi connectivity index (χ1n) is 5.12. The Bertz CT molecular complexity index is 217. The average molecular weight is 232 g/mol. The van der Waals surface area contributed by atoms with Gasteiger partial charge in [0.15, 0.2) is 5.79 Å². The highest BCUT2D eigenvalue weighted by molar-refractivity contribution is 6.60. The lowest BCUT2D eigenvalue weighted by Crippen LogP contribution is -2.55. The summed E-state index contributed by atoms with van der Waals surface area (Å²) in [6, 6.07) is 0.849. The highest BCUT2D eigenvalue weighted by Crippen LogP contribution is 2.37. The second-order valence-corrected chi connectivity index (χ2v) is 6.54. The van der Waals surface area contributed by atoms with Crippen molar-refractivity contribution in [3.63, 3.8) is 0 Å². The molecule has 88 valence electrons. The van der Waals surface area contributed by atoms with Crippen LogP contribution < -0.4 is 0 Å². The Hall–Kier alpha value is -0.203. The summed E-state index contributed by atoms with van der Waals surface area (Å²) in [5, 5.41) is 0. The van der Waals surface area contributed by atoms with E-state index in [9.17, 15) is 0 Å². The molecular weight excluding hydrogens is 212 g/mol. The van der Waals surface area contributed by atoms with Crippen molar-refractivity contribution in [3.05, 3.63) is 12.7 Å². The third-order valence-electron chi connectivity index (χ3n) is 2.83. The third kappa shape index (κ3) is 2.67. The molecule has 15 heavy (non-hydrogen) atoms. The normalized spacial score (nSPS) is 30.1. The fourth-order valence-electron chi connectivity index (χ4n) is 1.92. The van der Waals surface area contributed by atoms with E-state index in [0.29, 0.717) is 6.42 Å². The minimum Gasteiger partial charge on any atom is -0.377 e. The van der Waals surface area contributed by atoms with E-state index in [1.807, 2.05) is 0 Å². The van der Waals surface area contributed by atoms with E-state index >= 15 is 0 Å². The molecule has 0 radical (unpaired) electrons. The quantitative estimate of drug-likeness (QED) is 0.536. The van der Waals surface area contributed by atoms with Crippen LogP contribution in [0.1, 0.15) is 19.3 Å². The number of methoxy groups -OCH3 is 1. The van der Waals surface area contributed by atoms with Crippen LogP contribution in [0.3, 0.4) is 0 Å². The first-order valence-corrected chi connectivity index (χ1v) is 7.05. The summed E-state index contributed by atoms with van der Waals surface area (Å²) in [4.78, 5) is 0. The summed E-state index contributed by atoms with van der Waals surface area (Å²) in [6.07, 6.45) is 4.32. The second-order valence-electron chi connectivity index (χ2n) is 3.65. The molecule has 0 amide bonds. The van der Waals surface area contributed by atoms with Crippen molar-refractivity contribution in [1.82, 2.24) is 0 Å². The second kappa shape index (κ2) is 5.22. The highest BCUT2D eigenvalue weighted by atomic mass is 28.4. The maximum Gasteiger partial charge on any atom is 0.502 e. The molecule has 0 bridgehead atoms. The SMILES string of the molecule is C=CCC1(OC)CCC[Si](OC)(OC)O1. The predicted octanol–water partition coefficient (Wildman–Crippen LogP) is 1.95. The lowest BCUT2D eigenvalue weighted by atomic mass is 10.1. The lowest BCUT2D eigenvalue weighted by molar-refractivity contribution is -0.204. The zero-order valence-electron chi connectivity index (χ0n) is 9.75. The summed E-state index contributed by atoms with van der Waals surface area (Å²) in [7, 11) is 2.42. The third-order valence-corrected chi connectivity index (χ3v) is 5.72. The molecule has 1 saturated heterocycles. The first kappa shape index (κ1) is 12.9. The smallest absolute Gasteiger partial charge is 0.377 e. The monoisotopic (exact) mass is 232 g/mol. The molecule has 4 nitrogen and oxygen atoms in total. The van der Waals surface area contributed by atoms with E-state index in [1.165, 1.54) is 0 Å². The first-order chi connectivity index (χ1) is 7.16. The average Bonchev–Trinajstić information content (AvgIpc) is 2.29. The van der Waals surface area contributed by atoms with Gasteiger partial charge in [0, 0.05) is 40.2 Å². The summed E-state index contributed by atoms with van der Waals surface area (Å²) in [5.41, 5.74) is 0. The van der Waals surface area contributed by atoms with Gasteiger partial charge in [-0.1, -0.05) is 6.08 Å². The van der Waals surface area contributed by atoms with Crippen LogP contribution in [0.2, 0.25) is 6.04 Å². The molecule has 0 aromatic carbocycles. The van der Waals surface area contributed by atoms with Crippen LogP contribution in [0.15, 0.2) is 12.7 Å². The summed E-state index contributed by atoms with van der Waals surface area (Å²) < 4.78 is 22.2. The van der Waals surface area contributed by atoms with Crippen molar-refractivity contribution in [2.45, 2.75) is 31.1 Å². The molecule has 1 rings (SSSR count). The Morgan fingerprint density at radius 2 is 2.07 bits per heavy atom. The predicted molar refractivity (Wildman–Crippen MR) is 59.5 cm³/mol. The number of hydrogen-bond acceptors (Lipinski definition) is 4. The van der Waals surface area contributed by atoms with Gasteiger partial charge < -0.3 is 18.0 Å². The van der Waals surface area contributed by atoms with Gasteiger partial charge in [-0.2, -0.15) is 0 Å². The van der Waals surface area contributed by atoms with Crippen molar-refractivity contribution < 1.29 is 18.0 Å². The molecule has 1 heterocycles. The van der Waals surface area contributed by atoms with Gasteiger partial charge in [0.05, 0.1) is 0 Å². The fraction of sp³-hybridized carbons (Fsp3) is 0.800. The largest absolute Gasteiger partial charge is 0.502 e. The van der Waals surface area contributed by atoms with Gasteiger partial charge in [-0.15, -0.1) is 6.58 Å². The number of hydrogen-bond donors (Lipinski definition) is 0. The maximum absolute atomic E-state index is 5.95. The van der Waals surface area contributed by atoms with E-state index in [1.54, 1.807) is 27.4 Å². The molecule has 0 N–H and O–H groups in total. The minimum absolute atomic E-state index is 0.599. The summed E-state index contributed by atoms with van der Waals surface area (Å²) in [5.74, 6) is -0.599. The zero-order chi connectivity index (χ0) is 11.4. The Balaban J connectivity index is 2.79. The standard InChI is InChI=1S/C10H20O4Si/c1-5-7-10(11-2)8-6-9-15(12-3,13-4)14-10/h5H,1,6-9H2,2-4H3. The van der Waals surface area contributed by atoms with Crippen LogP contribution >= 0.6 is 0 Å². The Morgan fingerprint density at radius 1 is 1.40 bits per heavy atom. The van der Waals surface area contributed by atoms with Crippen molar-refractivity contribution >= 4 is 8.80 Å². The number of rotatable bonds is 5. The molecule has 0 saturated carbocycles. The molecule has 0 aromatic heterocycles. The molecule has 1 fully saturated rings. The van der Waals surface area contributed by atoms with Gasteiger partial charge in [-0.25, -0.2) is 0 Å². The van der Waals surface area contributed by atoms with Gasteiger partial charge in [-0.05, 0) is 6.42 Å². The highest BCUT2D eigenvalue weighted by Gasteiger charge is 2.50. The Kier molecular flexibility index (Phi) is 4.48. The topological polar surface area (TPSA) is 36.9 Å². The van der Waals surface area contributed by atoms with E-state index in [-0.39, 0.29) is 0 Å². The van der Waals surface area contributed by atoms with Crippen molar-refractivity contribution in [1.29, 1.82) is 0 Å². The number of ether oxygens (including phenoxy) is 1. The molecule has 5 heteroatoms. The van der Waals surface area contributed by atoms with Gasteiger partial charge in [0.25, 0.3) is 0 Å². The van der Waals surface area contributed by atoms with Crippen LogP contribution in [0, 0.1) is 0 Å². The molecular formula is C10H20O4Si. The summed E-state index contributed by atoms with van der Waals surface area (Å²) >= 11 is 0. The van der Waals surface area contributed by atoms with E-state index in [4.69, 9.17) is 18.0 Å². The van der Waals surface area contributed by atoms with E-state index in [2.05, 4.69) is 6.58 Å². The van der Waals surface area contributed by atoms with Crippen LogP contribution in [0.4, 0.5) is 0 Å². The fourth-order valence-corrected chi connectivity index (χ4v) is 4.21. The maximum atomic E-state index is 5.95. The Labute approximate surface area is 92.5 Å². The van der Waals surface area contributed by atoms with Crippen LogP contribution in [0.5, 0.6) is 0 Å². The van der Waals surface area contributed by atoms with Crippen LogP contribution in [-0.2, 0) is 18.0 Å². The van der Waals surface area contributed by atoms with Gasteiger partial charge in [0.2, 0.25) is 0 Å². The molecule has 1 atom stereocenters. The van der Waals surface area contributed by atoms with Crippen molar-refractivity contribution in [3.8, 4) is 0 Å². The molecule has 1 aliphatic heterocycles. The van der Waals surface area contributed by atoms with Crippen molar-refractivity contribution in [2.75, 3.05) is 21.3 Å². The van der Waals surface area contributed by atoms with Gasteiger partial charge >= 0.3 is 8.80 Å². The zero-order valence-corrected chi connectivity index (χ0v) is 10.7. The molecule has 0 aromatic rings. The minimum atomic E-state index is -2.50. The molecule has 1 aliphatic rings. The Morgan fingerprint density at radius 3 is 2.53 bits per heavy atom. The molecule has 0 spiro atoms. The van der Waals surface area contributed by atoms with E-state index in [0.717, 1.165) is 18.9 Å². The lowest BCUT2D eigenvalue weighted by Gasteiger charge is -2.42. The molecule has 0 aliphatic carbocycles. The van der Waals surface area contributed by atoms with Crippen LogP contribution in [-0.4, -0.2) is 35.9 Å². The van der Waals surface area contributed by atoms with Crippen molar-refractivity contribution in [2.24, 2.45) is 0 Å².